The maximum Gasteiger partial charge on any atom is 0.253 e. The van der Waals surface area contributed by atoms with E-state index >= 15 is 0 Å². The lowest BCUT2D eigenvalue weighted by Gasteiger charge is -2.25. The molecule has 1 aliphatic rings. The van der Waals surface area contributed by atoms with Crippen molar-refractivity contribution in [3.8, 4) is 0 Å². The minimum absolute atomic E-state index is 0.0921. The van der Waals surface area contributed by atoms with Gasteiger partial charge in [-0.1, -0.05) is 6.07 Å². The van der Waals surface area contributed by atoms with Crippen molar-refractivity contribution in [3.05, 3.63) is 23.8 Å². The quantitative estimate of drug-likeness (QED) is 0.718. The van der Waals surface area contributed by atoms with E-state index in [0.29, 0.717) is 23.5 Å². The monoisotopic (exact) mass is 233 g/mol. The highest BCUT2D eigenvalue weighted by atomic mass is 16.2. The average Bonchev–Trinajstić information content (AvgIpc) is 2.30. The Balaban J connectivity index is 2.40. The summed E-state index contributed by atoms with van der Waals surface area (Å²) in [6.07, 6.45) is 0. The van der Waals surface area contributed by atoms with Crippen LogP contribution < -0.4 is 16.0 Å². The van der Waals surface area contributed by atoms with Crippen LogP contribution in [0, 0.1) is 0 Å². The van der Waals surface area contributed by atoms with Crippen LogP contribution in [0.4, 0.5) is 11.4 Å². The van der Waals surface area contributed by atoms with Crippen molar-refractivity contribution in [1.29, 1.82) is 0 Å². The molecule has 0 unspecified atom stereocenters. The number of hydrogen-bond donors (Lipinski definition) is 3. The molecule has 17 heavy (non-hydrogen) atoms. The highest BCUT2D eigenvalue weighted by molar-refractivity contribution is 6.09. The Morgan fingerprint density at radius 1 is 1.47 bits per heavy atom. The van der Waals surface area contributed by atoms with Gasteiger partial charge in [0.05, 0.1) is 16.9 Å². The van der Waals surface area contributed by atoms with Gasteiger partial charge in [-0.05, 0) is 26.0 Å². The summed E-state index contributed by atoms with van der Waals surface area (Å²) in [5.74, 6) is -0.231. The van der Waals surface area contributed by atoms with Gasteiger partial charge in [-0.15, -0.1) is 0 Å². The number of hydrogen-bond acceptors (Lipinski definition) is 3. The molecule has 1 heterocycles. The fraction of sp³-hybridized carbons (Fsp3) is 0.333. The molecule has 2 amide bonds. The van der Waals surface area contributed by atoms with Crippen molar-refractivity contribution in [2.45, 2.75) is 19.9 Å². The van der Waals surface area contributed by atoms with Crippen LogP contribution in [-0.2, 0) is 4.79 Å². The van der Waals surface area contributed by atoms with Crippen molar-refractivity contribution in [1.82, 2.24) is 5.32 Å². The number of rotatable bonds is 2. The van der Waals surface area contributed by atoms with Crippen LogP contribution in [0.25, 0.3) is 0 Å². The normalized spacial score (nSPS) is 17.8. The van der Waals surface area contributed by atoms with Crippen LogP contribution in [0.2, 0.25) is 0 Å². The van der Waals surface area contributed by atoms with Crippen LogP contribution in [-0.4, -0.2) is 24.4 Å². The third-order valence-electron chi connectivity index (χ3n) is 2.66. The lowest BCUT2D eigenvalue weighted by atomic mass is 10.1. The highest BCUT2D eigenvalue weighted by Gasteiger charge is 2.25. The molecule has 2 rings (SSSR count). The minimum Gasteiger partial charge on any atom is -0.372 e. The molecule has 1 aromatic rings. The molecule has 1 aromatic carbocycles. The lowest BCUT2D eigenvalue weighted by molar-refractivity contribution is -0.116. The van der Waals surface area contributed by atoms with E-state index in [0.717, 1.165) is 0 Å². The van der Waals surface area contributed by atoms with Crippen LogP contribution in [0.1, 0.15) is 24.2 Å². The molecule has 1 aliphatic heterocycles. The van der Waals surface area contributed by atoms with Crippen molar-refractivity contribution in [2.24, 2.45) is 0 Å². The zero-order chi connectivity index (χ0) is 12.4. The molecule has 5 heteroatoms. The standard InChI is InChI=1S/C12H15N3O2/c1-3-13-12(17)8-5-4-6-9-10(8)14-7(2)11(16)15-9/h4-7,14H,3H2,1-2H3,(H,13,17)(H,15,16)/t7-/m1/s1. The van der Waals surface area contributed by atoms with Crippen LogP contribution in [0.15, 0.2) is 18.2 Å². The number of carbonyl (C=O) groups excluding carboxylic acids is 2. The first-order valence-corrected chi connectivity index (χ1v) is 5.62. The molecule has 1 atom stereocenters. The van der Waals surface area contributed by atoms with Gasteiger partial charge < -0.3 is 16.0 Å². The Morgan fingerprint density at radius 2 is 2.24 bits per heavy atom. The molecular weight excluding hydrogens is 218 g/mol. The molecule has 0 saturated heterocycles. The maximum absolute atomic E-state index is 11.8. The zero-order valence-electron chi connectivity index (χ0n) is 9.83. The largest absolute Gasteiger partial charge is 0.372 e. The summed E-state index contributed by atoms with van der Waals surface area (Å²) in [5.41, 5.74) is 1.89. The van der Waals surface area contributed by atoms with Gasteiger partial charge in [0.2, 0.25) is 5.91 Å². The Labute approximate surface area is 99.6 Å². The third-order valence-corrected chi connectivity index (χ3v) is 2.66. The molecule has 0 aromatic heterocycles. The number of anilines is 2. The van der Waals surface area contributed by atoms with Crippen molar-refractivity contribution in [3.63, 3.8) is 0 Å². The molecule has 0 fully saturated rings. The second-order valence-corrected chi connectivity index (χ2v) is 3.94. The van der Waals surface area contributed by atoms with Crippen molar-refractivity contribution < 1.29 is 9.59 Å². The van der Waals surface area contributed by atoms with E-state index in [1.54, 1.807) is 25.1 Å². The fourth-order valence-electron chi connectivity index (χ4n) is 1.78. The molecule has 0 saturated carbocycles. The first-order chi connectivity index (χ1) is 8.13. The fourth-order valence-corrected chi connectivity index (χ4v) is 1.78. The molecule has 0 radical (unpaired) electrons. The van der Waals surface area contributed by atoms with Gasteiger partial charge in [-0.25, -0.2) is 0 Å². The van der Waals surface area contributed by atoms with Gasteiger partial charge in [0, 0.05) is 6.54 Å². The van der Waals surface area contributed by atoms with E-state index < -0.39 is 0 Å². The van der Waals surface area contributed by atoms with Gasteiger partial charge in [-0.2, -0.15) is 0 Å². The van der Waals surface area contributed by atoms with Gasteiger partial charge in [-0.3, -0.25) is 9.59 Å². The summed E-state index contributed by atoms with van der Waals surface area (Å²) in [6, 6.07) is 4.93. The highest BCUT2D eigenvalue weighted by Crippen LogP contribution is 2.30. The van der Waals surface area contributed by atoms with Gasteiger partial charge >= 0.3 is 0 Å². The van der Waals surface area contributed by atoms with Crippen LogP contribution in [0.5, 0.6) is 0 Å². The summed E-state index contributed by atoms with van der Waals surface area (Å²) < 4.78 is 0. The number of benzene rings is 1. The van der Waals surface area contributed by atoms with Gasteiger partial charge in [0.25, 0.3) is 5.91 Å². The molecule has 0 bridgehead atoms. The van der Waals surface area contributed by atoms with Crippen molar-refractivity contribution >= 4 is 23.2 Å². The first-order valence-electron chi connectivity index (χ1n) is 5.62. The van der Waals surface area contributed by atoms with Gasteiger partial charge in [0.15, 0.2) is 0 Å². The second kappa shape index (κ2) is 4.45. The predicted octanol–water partition coefficient (Wildman–Crippen LogP) is 1.19. The number of amides is 2. The summed E-state index contributed by atoms with van der Waals surface area (Å²) in [4.78, 5) is 23.3. The predicted molar refractivity (Wildman–Crippen MR) is 66.2 cm³/mol. The number of nitrogens with one attached hydrogen (secondary N) is 3. The third kappa shape index (κ3) is 2.08. The molecular formula is C12H15N3O2. The minimum atomic E-state index is -0.335. The molecule has 3 N–H and O–H groups in total. The van der Waals surface area contributed by atoms with Crippen molar-refractivity contribution in [2.75, 3.05) is 17.2 Å². The number of carbonyl (C=O) groups is 2. The topological polar surface area (TPSA) is 70.2 Å². The first kappa shape index (κ1) is 11.4. The summed E-state index contributed by atoms with van der Waals surface area (Å²) >= 11 is 0. The summed E-state index contributed by atoms with van der Waals surface area (Å²) in [5, 5.41) is 8.56. The summed E-state index contributed by atoms with van der Waals surface area (Å²) in [6.45, 7) is 4.20. The lowest BCUT2D eigenvalue weighted by Crippen LogP contribution is -2.37. The Morgan fingerprint density at radius 3 is 2.94 bits per heavy atom. The SMILES string of the molecule is CCNC(=O)c1cccc2c1N[C@H](C)C(=O)N2. The Hall–Kier alpha value is -2.04. The zero-order valence-corrected chi connectivity index (χ0v) is 9.83. The molecule has 0 aliphatic carbocycles. The van der Waals surface area contributed by atoms with E-state index in [4.69, 9.17) is 0 Å². The Bertz CT molecular complexity index is 471. The molecule has 90 valence electrons. The second-order valence-electron chi connectivity index (χ2n) is 3.94. The van der Waals surface area contributed by atoms with E-state index in [-0.39, 0.29) is 17.9 Å². The maximum atomic E-state index is 11.8. The van der Waals surface area contributed by atoms with Crippen LogP contribution >= 0.6 is 0 Å². The molecule has 5 nitrogen and oxygen atoms in total. The van der Waals surface area contributed by atoms with Gasteiger partial charge in [0.1, 0.15) is 6.04 Å². The van der Waals surface area contributed by atoms with Crippen LogP contribution in [0.3, 0.4) is 0 Å². The van der Waals surface area contributed by atoms with E-state index in [9.17, 15) is 9.59 Å². The number of para-hydroxylation sites is 1. The number of fused-ring (bicyclic) bond motifs is 1. The Kier molecular flexibility index (Phi) is 2.99. The smallest absolute Gasteiger partial charge is 0.253 e. The van der Waals surface area contributed by atoms with E-state index in [2.05, 4.69) is 16.0 Å². The van der Waals surface area contributed by atoms with E-state index in [1.165, 1.54) is 0 Å². The summed E-state index contributed by atoms with van der Waals surface area (Å²) in [7, 11) is 0. The average molecular weight is 233 g/mol. The molecule has 0 spiro atoms. The van der Waals surface area contributed by atoms with E-state index in [1.807, 2.05) is 6.92 Å².